The van der Waals surface area contributed by atoms with E-state index >= 15 is 0 Å². The molecule has 0 saturated carbocycles. The molecule has 1 N–H and O–H groups in total. The summed E-state index contributed by atoms with van der Waals surface area (Å²) < 4.78 is 7.26. The molecule has 1 amide bonds. The van der Waals surface area contributed by atoms with Crippen LogP contribution in [-0.4, -0.2) is 56.5 Å². The predicted molar refractivity (Wildman–Crippen MR) is 83.4 cm³/mol. The van der Waals surface area contributed by atoms with Gasteiger partial charge in [0.15, 0.2) is 0 Å². The molecule has 7 nitrogen and oxygen atoms in total. The van der Waals surface area contributed by atoms with Crippen LogP contribution in [0.15, 0.2) is 12.7 Å². The smallest absolute Gasteiger partial charge is 0.410 e. The number of nitrogens with one attached hydrogen (secondary N) is 1. The Hall–Kier alpha value is -1.63. The van der Waals surface area contributed by atoms with Gasteiger partial charge >= 0.3 is 6.09 Å². The molecule has 2 atom stereocenters. The highest BCUT2D eigenvalue weighted by atomic mass is 16.6. The topological polar surface area (TPSA) is 72.3 Å². The highest BCUT2D eigenvalue weighted by Crippen LogP contribution is 2.15. The van der Waals surface area contributed by atoms with E-state index in [1.807, 2.05) is 25.5 Å². The second kappa shape index (κ2) is 7.09. The van der Waals surface area contributed by atoms with Gasteiger partial charge in [-0.3, -0.25) is 4.68 Å². The minimum absolute atomic E-state index is 0.220. The summed E-state index contributed by atoms with van der Waals surface area (Å²) >= 11 is 0. The van der Waals surface area contributed by atoms with E-state index in [9.17, 15) is 4.79 Å². The normalized spacial score (nSPS) is 20.7. The van der Waals surface area contributed by atoms with Crippen LogP contribution in [0.25, 0.3) is 0 Å². The quantitative estimate of drug-likeness (QED) is 0.915. The number of rotatable bonds is 4. The van der Waals surface area contributed by atoms with E-state index in [1.165, 1.54) is 6.33 Å². The predicted octanol–water partition coefficient (Wildman–Crippen LogP) is 1.66. The van der Waals surface area contributed by atoms with Crippen LogP contribution in [0, 0.1) is 0 Å². The Labute approximate surface area is 132 Å². The Morgan fingerprint density at radius 3 is 2.91 bits per heavy atom. The van der Waals surface area contributed by atoms with Crippen molar-refractivity contribution in [2.75, 3.05) is 13.1 Å². The van der Waals surface area contributed by atoms with Gasteiger partial charge in [-0.1, -0.05) is 0 Å². The molecule has 1 aliphatic rings. The van der Waals surface area contributed by atoms with E-state index in [0.29, 0.717) is 12.6 Å². The summed E-state index contributed by atoms with van der Waals surface area (Å²) in [7, 11) is 0. The van der Waals surface area contributed by atoms with Crippen molar-refractivity contribution in [3.8, 4) is 0 Å². The molecule has 0 aliphatic carbocycles. The lowest BCUT2D eigenvalue weighted by atomic mass is 10.1. The van der Waals surface area contributed by atoms with Crippen molar-refractivity contribution in [2.24, 2.45) is 0 Å². The van der Waals surface area contributed by atoms with Crippen molar-refractivity contribution in [3.63, 3.8) is 0 Å². The molecule has 2 heterocycles. The summed E-state index contributed by atoms with van der Waals surface area (Å²) in [5, 5.41) is 7.68. The molecule has 1 fully saturated rings. The van der Waals surface area contributed by atoms with Gasteiger partial charge in [-0.2, -0.15) is 5.10 Å². The van der Waals surface area contributed by atoms with Gasteiger partial charge in [0.2, 0.25) is 0 Å². The summed E-state index contributed by atoms with van der Waals surface area (Å²) in [5.41, 5.74) is -0.447. The molecular formula is C15H27N5O2. The number of piperidine rings is 1. The van der Waals surface area contributed by atoms with E-state index in [2.05, 4.69) is 22.3 Å². The minimum atomic E-state index is -0.447. The molecule has 1 saturated heterocycles. The number of nitrogens with zero attached hydrogens (tertiary/aromatic N) is 4. The SMILES string of the molecule is C[C@H](Cn1cncn1)N[C@H]1CCCN(C(=O)OC(C)(C)C)C1. The summed E-state index contributed by atoms with van der Waals surface area (Å²) in [6.45, 7) is 10.0. The fourth-order valence-electron chi connectivity index (χ4n) is 2.67. The number of ether oxygens (including phenoxy) is 1. The Morgan fingerprint density at radius 1 is 1.50 bits per heavy atom. The molecule has 0 spiro atoms. The molecule has 22 heavy (non-hydrogen) atoms. The lowest BCUT2D eigenvalue weighted by molar-refractivity contribution is 0.0183. The van der Waals surface area contributed by atoms with Crippen LogP contribution in [0.3, 0.4) is 0 Å². The van der Waals surface area contributed by atoms with Crippen LogP contribution in [0.4, 0.5) is 4.79 Å². The average molecular weight is 309 g/mol. The fourth-order valence-corrected chi connectivity index (χ4v) is 2.67. The van der Waals surface area contributed by atoms with Gasteiger partial charge in [-0.25, -0.2) is 9.78 Å². The van der Waals surface area contributed by atoms with Crippen LogP contribution in [0.2, 0.25) is 0 Å². The molecule has 2 rings (SSSR count). The molecule has 124 valence electrons. The van der Waals surface area contributed by atoms with E-state index in [4.69, 9.17) is 4.74 Å². The first-order valence-electron chi connectivity index (χ1n) is 7.90. The average Bonchev–Trinajstić information content (AvgIpc) is 2.89. The van der Waals surface area contributed by atoms with Gasteiger partial charge in [0, 0.05) is 25.2 Å². The zero-order valence-electron chi connectivity index (χ0n) is 14.0. The number of carbonyl (C=O) groups excluding carboxylic acids is 1. The van der Waals surface area contributed by atoms with Crippen molar-refractivity contribution in [1.29, 1.82) is 0 Å². The molecule has 0 radical (unpaired) electrons. The van der Waals surface area contributed by atoms with Crippen LogP contribution >= 0.6 is 0 Å². The lowest BCUT2D eigenvalue weighted by Gasteiger charge is -2.35. The van der Waals surface area contributed by atoms with Crippen LogP contribution < -0.4 is 5.32 Å². The van der Waals surface area contributed by atoms with Crippen molar-refractivity contribution in [3.05, 3.63) is 12.7 Å². The van der Waals surface area contributed by atoms with Gasteiger partial charge < -0.3 is 15.0 Å². The van der Waals surface area contributed by atoms with Crippen LogP contribution in [0.1, 0.15) is 40.5 Å². The molecule has 0 bridgehead atoms. The first kappa shape index (κ1) is 16.7. The monoisotopic (exact) mass is 309 g/mol. The van der Waals surface area contributed by atoms with Crippen molar-refractivity contribution in [1.82, 2.24) is 25.0 Å². The van der Waals surface area contributed by atoms with Crippen LogP contribution in [-0.2, 0) is 11.3 Å². The van der Waals surface area contributed by atoms with E-state index in [1.54, 1.807) is 11.2 Å². The molecule has 7 heteroatoms. The summed E-state index contributed by atoms with van der Waals surface area (Å²) in [5.74, 6) is 0. The molecular weight excluding hydrogens is 282 g/mol. The number of likely N-dealkylation sites (tertiary alicyclic amines) is 1. The molecule has 0 aromatic carbocycles. The maximum Gasteiger partial charge on any atom is 0.410 e. The van der Waals surface area contributed by atoms with Crippen LogP contribution in [0.5, 0.6) is 0 Å². The number of aromatic nitrogens is 3. The maximum absolute atomic E-state index is 12.2. The summed E-state index contributed by atoms with van der Waals surface area (Å²) in [4.78, 5) is 17.9. The Morgan fingerprint density at radius 2 is 2.27 bits per heavy atom. The number of carbonyl (C=O) groups is 1. The first-order chi connectivity index (χ1) is 10.3. The highest BCUT2D eigenvalue weighted by molar-refractivity contribution is 5.68. The fraction of sp³-hybridized carbons (Fsp3) is 0.800. The maximum atomic E-state index is 12.2. The van der Waals surface area contributed by atoms with E-state index in [-0.39, 0.29) is 12.1 Å². The molecule has 1 aliphatic heterocycles. The van der Waals surface area contributed by atoms with E-state index < -0.39 is 5.60 Å². The van der Waals surface area contributed by atoms with Crippen molar-refractivity contribution < 1.29 is 9.53 Å². The number of hydrogen-bond acceptors (Lipinski definition) is 5. The van der Waals surface area contributed by atoms with Gasteiger partial charge in [0.1, 0.15) is 18.3 Å². The van der Waals surface area contributed by atoms with Gasteiger partial charge in [0.25, 0.3) is 0 Å². The lowest BCUT2D eigenvalue weighted by Crippen LogP contribution is -2.51. The zero-order valence-corrected chi connectivity index (χ0v) is 14.0. The van der Waals surface area contributed by atoms with Crippen molar-refractivity contribution >= 4 is 6.09 Å². The second-order valence-corrected chi connectivity index (χ2v) is 6.95. The molecule has 1 aromatic rings. The third-order valence-corrected chi connectivity index (χ3v) is 3.52. The number of hydrogen-bond donors (Lipinski definition) is 1. The van der Waals surface area contributed by atoms with E-state index in [0.717, 1.165) is 25.9 Å². The Balaban J connectivity index is 1.81. The largest absolute Gasteiger partial charge is 0.444 e. The van der Waals surface area contributed by atoms with Gasteiger partial charge in [-0.15, -0.1) is 0 Å². The number of amides is 1. The van der Waals surface area contributed by atoms with Gasteiger partial charge in [-0.05, 0) is 40.5 Å². The third kappa shape index (κ3) is 5.29. The minimum Gasteiger partial charge on any atom is -0.444 e. The molecule has 0 unspecified atom stereocenters. The van der Waals surface area contributed by atoms with Gasteiger partial charge in [0.05, 0.1) is 6.54 Å². The first-order valence-corrected chi connectivity index (χ1v) is 7.90. The Bertz CT molecular complexity index is 469. The van der Waals surface area contributed by atoms with Crippen molar-refractivity contribution in [2.45, 2.75) is 64.8 Å². The summed E-state index contributed by atoms with van der Waals surface area (Å²) in [6, 6.07) is 0.560. The third-order valence-electron chi connectivity index (χ3n) is 3.52. The zero-order chi connectivity index (χ0) is 16.2. The second-order valence-electron chi connectivity index (χ2n) is 6.95. The summed E-state index contributed by atoms with van der Waals surface area (Å²) in [6.07, 6.45) is 5.10. The standard InChI is InChI=1S/C15H27N5O2/c1-12(8-20-11-16-10-17-20)18-13-6-5-7-19(9-13)14(21)22-15(2,3)4/h10-13,18H,5-9H2,1-4H3/t12-,13+/m1/s1. The molecule has 1 aromatic heterocycles. The Kier molecular flexibility index (Phi) is 5.39. The highest BCUT2D eigenvalue weighted by Gasteiger charge is 2.28.